The summed E-state index contributed by atoms with van der Waals surface area (Å²) in [5.41, 5.74) is 1.79. The molecule has 1 aromatic heterocycles. The Morgan fingerprint density at radius 1 is 1.24 bits per heavy atom. The standard InChI is InChI=1S/C15H21NO/c1-11(2)16-8-7-13-6-5-12(9-14(13)16)10-15(3,4)17/h5-9,11,17H,10H2,1-4H3. The lowest BCUT2D eigenvalue weighted by Crippen LogP contribution is -2.21. The highest BCUT2D eigenvalue weighted by molar-refractivity contribution is 5.81. The second-order valence-electron chi connectivity index (χ2n) is 5.70. The highest BCUT2D eigenvalue weighted by atomic mass is 16.3. The molecule has 0 aliphatic carbocycles. The van der Waals surface area contributed by atoms with Crippen molar-refractivity contribution in [2.75, 3.05) is 0 Å². The molecule has 0 unspecified atom stereocenters. The fraction of sp³-hybridized carbons (Fsp3) is 0.467. The van der Waals surface area contributed by atoms with Gasteiger partial charge in [-0.2, -0.15) is 0 Å². The van der Waals surface area contributed by atoms with Gasteiger partial charge in [0.15, 0.2) is 0 Å². The fourth-order valence-corrected chi connectivity index (χ4v) is 2.25. The molecule has 0 saturated heterocycles. The van der Waals surface area contributed by atoms with Crippen LogP contribution in [0.3, 0.4) is 0 Å². The van der Waals surface area contributed by atoms with Crippen LogP contribution in [-0.4, -0.2) is 15.3 Å². The Morgan fingerprint density at radius 3 is 2.53 bits per heavy atom. The molecule has 0 aliphatic heterocycles. The van der Waals surface area contributed by atoms with Gasteiger partial charge in [-0.25, -0.2) is 0 Å². The van der Waals surface area contributed by atoms with Gasteiger partial charge < -0.3 is 9.67 Å². The van der Waals surface area contributed by atoms with Crippen molar-refractivity contribution in [1.29, 1.82) is 0 Å². The molecule has 0 saturated carbocycles. The van der Waals surface area contributed by atoms with Crippen LogP contribution in [-0.2, 0) is 6.42 Å². The molecule has 0 atom stereocenters. The number of hydrogen-bond acceptors (Lipinski definition) is 1. The van der Waals surface area contributed by atoms with Crippen LogP contribution in [0.25, 0.3) is 10.9 Å². The Labute approximate surface area is 103 Å². The molecule has 1 heterocycles. The second kappa shape index (κ2) is 4.19. The summed E-state index contributed by atoms with van der Waals surface area (Å²) in [6.45, 7) is 8.06. The summed E-state index contributed by atoms with van der Waals surface area (Å²) in [7, 11) is 0. The van der Waals surface area contributed by atoms with Crippen molar-refractivity contribution in [3.8, 4) is 0 Å². The Morgan fingerprint density at radius 2 is 1.94 bits per heavy atom. The molecular weight excluding hydrogens is 210 g/mol. The minimum atomic E-state index is -0.650. The lowest BCUT2D eigenvalue weighted by Gasteiger charge is -2.17. The highest BCUT2D eigenvalue weighted by Gasteiger charge is 2.14. The van der Waals surface area contributed by atoms with E-state index in [1.54, 1.807) is 0 Å². The SMILES string of the molecule is CC(C)n1ccc2ccc(CC(C)(C)O)cc21. The van der Waals surface area contributed by atoms with Crippen LogP contribution < -0.4 is 0 Å². The van der Waals surface area contributed by atoms with E-state index < -0.39 is 5.60 Å². The third-order valence-corrected chi connectivity index (χ3v) is 2.98. The zero-order chi connectivity index (χ0) is 12.6. The summed E-state index contributed by atoms with van der Waals surface area (Å²) in [4.78, 5) is 0. The van der Waals surface area contributed by atoms with Gasteiger partial charge in [0, 0.05) is 24.2 Å². The average Bonchev–Trinajstić information content (AvgIpc) is 2.57. The van der Waals surface area contributed by atoms with Gasteiger partial charge >= 0.3 is 0 Å². The summed E-state index contributed by atoms with van der Waals surface area (Å²) in [5, 5.41) is 11.1. The smallest absolute Gasteiger partial charge is 0.0631 e. The molecule has 0 amide bonds. The van der Waals surface area contributed by atoms with Gasteiger partial charge in [-0.05, 0) is 50.8 Å². The first-order valence-corrected chi connectivity index (χ1v) is 6.19. The molecule has 0 bridgehead atoms. The van der Waals surface area contributed by atoms with E-state index in [4.69, 9.17) is 0 Å². The normalized spacial score (nSPS) is 12.6. The van der Waals surface area contributed by atoms with Gasteiger partial charge in [-0.1, -0.05) is 12.1 Å². The second-order valence-corrected chi connectivity index (χ2v) is 5.70. The molecule has 0 fully saturated rings. The van der Waals surface area contributed by atoms with Crippen LogP contribution in [0, 0.1) is 0 Å². The molecule has 17 heavy (non-hydrogen) atoms. The predicted molar refractivity (Wildman–Crippen MR) is 72.3 cm³/mol. The van der Waals surface area contributed by atoms with E-state index in [2.05, 4.69) is 48.9 Å². The molecular formula is C15H21NO. The maximum Gasteiger partial charge on any atom is 0.0631 e. The largest absolute Gasteiger partial charge is 0.390 e. The van der Waals surface area contributed by atoms with E-state index in [1.807, 2.05) is 13.8 Å². The van der Waals surface area contributed by atoms with Gasteiger partial charge in [0.1, 0.15) is 0 Å². The molecule has 0 spiro atoms. The summed E-state index contributed by atoms with van der Waals surface area (Å²) in [6, 6.07) is 9.03. The molecule has 1 N–H and O–H groups in total. The summed E-state index contributed by atoms with van der Waals surface area (Å²) < 4.78 is 2.27. The Balaban J connectivity index is 2.44. The van der Waals surface area contributed by atoms with Crippen molar-refractivity contribution in [1.82, 2.24) is 4.57 Å². The molecule has 2 aromatic rings. The predicted octanol–water partition coefficient (Wildman–Crippen LogP) is 3.54. The summed E-state index contributed by atoms with van der Waals surface area (Å²) >= 11 is 0. The number of hydrogen-bond donors (Lipinski definition) is 1. The molecule has 0 aliphatic rings. The summed E-state index contributed by atoms with van der Waals surface area (Å²) in [6.07, 6.45) is 2.81. The first-order valence-electron chi connectivity index (χ1n) is 6.19. The van der Waals surface area contributed by atoms with E-state index in [1.165, 1.54) is 16.5 Å². The quantitative estimate of drug-likeness (QED) is 0.858. The molecule has 2 heteroatoms. The van der Waals surface area contributed by atoms with Crippen molar-refractivity contribution >= 4 is 10.9 Å². The topological polar surface area (TPSA) is 25.2 Å². The molecule has 92 valence electrons. The van der Waals surface area contributed by atoms with Crippen LogP contribution in [0.15, 0.2) is 30.5 Å². The maximum absolute atomic E-state index is 9.87. The van der Waals surface area contributed by atoms with Crippen molar-refractivity contribution in [2.45, 2.75) is 45.8 Å². The van der Waals surface area contributed by atoms with Crippen molar-refractivity contribution in [3.63, 3.8) is 0 Å². The average molecular weight is 231 g/mol. The van der Waals surface area contributed by atoms with Gasteiger partial charge in [0.05, 0.1) is 5.60 Å². The van der Waals surface area contributed by atoms with Crippen LogP contribution in [0.5, 0.6) is 0 Å². The molecule has 0 radical (unpaired) electrons. The lowest BCUT2D eigenvalue weighted by atomic mass is 9.98. The number of benzene rings is 1. The van der Waals surface area contributed by atoms with Crippen molar-refractivity contribution < 1.29 is 5.11 Å². The Kier molecular flexibility index (Phi) is 3.00. The first-order chi connectivity index (χ1) is 7.87. The molecule has 2 nitrogen and oxygen atoms in total. The van der Waals surface area contributed by atoms with Gasteiger partial charge in [-0.15, -0.1) is 0 Å². The maximum atomic E-state index is 9.87. The van der Waals surface area contributed by atoms with Crippen LogP contribution in [0.2, 0.25) is 0 Å². The number of fused-ring (bicyclic) bond motifs is 1. The van der Waals surface area contributed by atoms with Gasteiger partial charge in [0.25, 0.3) is 0 Å². The van der Waals surface area contributed by atoms with E-state index >= 15 is 0 Å². The number of rotatable bonds is 3. The van der Waals surface area contributed by atoms with E-state index in [-0.39, 0.29) is 0 Å². The zero-order valence-corrected chi connectivity index (χ0v) is 11.1. The van der Waals surface area contributed by atoms with Crippen molar-refractivity contribution in [3.05, 3.63) is 36.0 Å². The number of aromatic nitrogens is 1. The van der Waals surface area contributed by atoms with Gasteiger partial charge in [0.2, 0.25) is 0 Å². The van der Waals surface area contributed by atoms with Crippen molar-refractivity contribution in [2.24, 2.45) is 0 Å². The number of aliphatic hydroxyl groups is 1. The van der Waals surface area contributed by atoms with E-state index in [0.29, 0.717) is 12.5 Å². The lowest BCUT2D eigenvalue weighted by molar-refractivity contribution is 0.0810. The minimum Gasteiger partial charge on any atom is -0.390 e. The van der Waals surface area contributed by atoms with E-state index in [9.17, 15) is 5.11 Å². The van der Waals surface area contributed by atoms with Crippen LogP contribution >= 0.6 is 0 Å². The monoisotopic (exact) mass is 231 g/mol. The Hall–Kier alpha value is -1.28. The van der Waals surface area contributed by atoms with Gasteiger partial charge in [-0.3, -0.25) is 0 Å². The fourth-order valence-electron chi connectivity index (χ4n) is 2.25. The molecule has 2 rings (SSSR count). The molecule has 1 aromatic carbocycles. The third kappa shape index (κ3) is 2.70. The third-order valence-electron chi connectivity index (χ3n) is 2.98. The zero-order valence-electron chi connectivity index (χ0n) is 11.1. The highest BCUT2D eigenvalue weighted by Crippen LogP contribution is 2.23. The van der Waals surface area contributed by atoms with Crippen LogP contribution in [0.1, 0.15) is 39.3 Å². The van der Waals surface area contributed by atoms with Crippen LogP contribution in [0.4, 0.5) is 0 Å². The number of nitrogens with zero attached hydrogens (tertiary/aromatic N) is 1. The first kappa shape index (κ1) is 12.2. The van der Waals surface area contributed by atoms with E-state index in [0.717, 1.165) is 0 Å². The minimum absolute atomic E-state index is 0.463. The Bertz CT molecular complexity index is 517. The summed E-state index contributed by atoms with van der Waals surface area (Å²) in [5.74, 6) is 0.